The number of carbonyl (C=O) groups excluding carboxylic acids is 1. The summed E-state index contributed by atoms with van der Waals surface area (Å²) in [6.45, 7) is 2.07. The molecule has 148 valence electrons. The Bertz CT molecular complexity index is 1310. The molecule has 29 heavy (non-hydrogen) atoms. The third-order valence-electron chi connectivity index (χ3n) is 4.97. The lowest BCUT2D eigenvalue weighted by atomic mass is 10.1. The number of rotatable bonds is 4. The molecule has 3 heterocycles. The van der Waals surface area contributed by atoms with Gasteiger partial charge in [-0.05, 0) is 38.0 Å². The minimum absolute atomic E-state index is 0.0336. The average molecular weight is 458 g/mol. The molecule has 0 spiro atoms. The van der Waals surface area contributed by atoms with E-state index in [0.29, 0.717) is 41.6 Å². The molecule has 0 bridgehead atoms. The number of aromatic nitrogens is 2. The summed E-state index contributed by atoms with van der Waals surface area (Å²) in [4.78, 5) is 38.3. The molecule has 0 unspecified atom stereocenters. The van der Waals surface area contributed by atoms with E-state index in [1.54, 1.807) is 25.1 Å². The predicted molar refractivity (Wildman–Crippen MR) is 107 cm³/mol. The van der Waals surface area contributed by atoms with Gasteiger partial charge in [0, 0.05) is 27.7 Å². The van der Waals surface area contributed by atoms with Crippen LogP contribution in [0.3, 0.4) is 0 Å². The zero-order valence-corrected chi connectivity index (χ0v) is 17.1. The molecule has 0 radical (unpaired) electrons. The first-order valence-corrected chi connectivity index (χ1v) is 9.90. The Kier molecular flexibility index (Phi) is 4.88. The highest BCUT2D eigenvalue weighted by Crippen LogP contribution is 2.30. The number of carbonyl (C=O) groups is 1. The third kappa shape index (κ3) is 3.09. The van der Waals surface area contributed by atoms with Crippen molar-refractivity contribution < 1.29 is 13.9 Å². The van der Waals surface area contributed by atoms with Gasteiger partial charge in [-0.25, -0.2) is 9.59 Å². The number of hydrogen-bond donors (Lipinski definition) is 0. The number of furan rings is 1. The van der Waals surface area contributed by atoms with E-state index in [1.807, 2.05) is 6.07 Å². The lowest BCUT2D eigenvalue weighted by molar-refractivity contribution is 0.0490. The van der Waals surface area contributed by atoms with E-state index in [2.05, 4.69) is 15.9 Å². The van der Waals surface area contributed by atoms with Gasteiger partial charge in [0.05, 0.1) is 13.2 Å². The molecule has 9 heteroatoms. The lowest BCUT2D eigenvalue weighted by Gasteiger charge is -2.11. The van der Waals surface area contributed by atoms with Gasteiger partial charge in [0.2, 0.25) is 5.76 Å². The van der Waals surface area contributed by atoms with E-state index < -0.39 is 17.2 Å². The van der Waals surface area contributed by atoms with Crippen LogP contribution in [0.25, 0.3) is 11.0 Å². The molecular weight excluding hydrogens is 442 g/mol. The molecule has 0 saturated carbocycles. The summed E-state index contributed by atoms with van der Waals surface area (Å²) in [5.41, 5.74) is 0.0749. The maximum atomic E-state index is 12.9. The first kappa shape index (κ1) is 19.2. The Morgan fingerprint density at radius 2 is 2.17 bits per heavy atom. The van der Waals surface area contributed by atoms with Crippen molar-refractivity contribution in [2.45, 2.75) is 32.9 Å². The van der Waals surface area contributed by atoms with E-state index in [1.165, 1.54) is 4.57 Å². The molecule has 0 aliphatic carbocycles. The van der Waals surface area contributed by atoms with E-state index in [-0.39, 0.29) is 24.5 Å². The summed E-state index contributed by atoms with van der Waals surface area (Å²) >= 11 is 3.39. The Balaban J connectivity index is 1.96. The fraction of sp³-hybridized carbons (Fsp3) is 0.300. The summed E-state index contributed by atoms with van der Waals surface area (Å²) in [6, 6.07) is 7.12. The van der Waals surface area contributed by atoms with Crippen molar-refractivity contribution >= 4 is 32.9 Å². The first-order valence-electron chi connectivity index (χ1n) is 9.11. The molecule has 1 aliphatic rings. The van der Waals surface area contributed by atoms with Crippen LogP contribution in [-0.2, 0) is 24.2 Å². The van der Waals surface area contributed by atoms with Crippen molar-refractivity contribution in [2.24, 2.45) is 0 Å². The molecule has 1 aromatic carbocycles. The fourth-order valence-electron chi connectivity index (χ4n) is 3.69. The van der Waals surface area contributed by atoms with Crippen LogP contribution in [0.15, 0.2) is 36.7 Å². The summed E-state index contributed by atoms with van der Waals surface area (Å²) in [7, 11) is 0. The van der Waals surface area contributed by atoms with Gasteiger partial charge in [-0.3, -0.25) is 13.9 Å². The number of fused-ring (bicyclic) bond motifs is 2. The molecule has 0 amide bonds. The number of hydrogen-bond acceptors (Lipinski definition) is 6. The van der Waals surface area contributed by atoms with Gasteiger partial charge in [0.1, 0.15) is 17.2 Å². The SMILES string of the molecule is CCOC(=O)c1oc2ccc(Br)cc2c1Cn1c(=O)c(C#N)c2n(c1=O)CCC2. The van der Waals surface area contributed by atoms with Gasteiger partial charge in [-0.1, -0.05) is 15.9 Å². The largest absolute Gasteiger partial charge is 0.460 e. The second kappa shape index (κ2) is 7.37. The van der Waals surface area contributed by atoms with E-state index >= 15 is 0 Å². The molecule has 3 aromatic rings. The van der Waals surface area contributed by atoms with Crippen LogP contribution in [0.1, 0.15) is 40.7 Å². The summed E-state index contributed by atoms with van der Waals surface area (Å²) in [6.07, 6.45) is 1.22. The highest BCUT2D eigenvalue weighted by molar-refractivity contribution is 9.10. The summed E-state index contributed by atoms with van der Waals surface area (Å²) in [5.74, 6) is -0.736. The van der Waals surface area contributed by atoms with E-state index in [4.69, 9.17) is 9.15 Å². The molecule has 0 N–H and O–H groups in total. The van der Waals surface area contributed by atoms with Crippen LogP contribution in [-0.4, -0.2) is 21.7 Å². The Labute approximate surface area is 173 Å². The summed E-state index contributed by atoms with van der Waals surface area (Å²) in [5, 5.41) is 10.0. The number of nitriles is 1. The fourth-order valence-corrected chi connectivity index (χ4v) is 4.05. The van der Waals surface area contributed by atoms with Crippen LogP contribution in [0, 0.1) is 11.3 Å². The predicted octanol–water partition coefficient (Wildman–Crippen LogP) is 2.56. The van der Waals surface area contributed by atoms with Crippen molar-refractivity contribution in [1.82, 2.24) is 9.13 Å². The maximum absolute atomic E-state index is 12.9. The van der Waals surface area contributed by atoms with Crippen LogP contribution in [0.5, 0.6) is 0 Å². The monoisotopic (exact) mass is 457 g/mol. The van der Waals surface area contributed by atoms with Crippen LogP contribution in [0.4, 0.5) is 0 Å². The highest BCUT2D eigenvalue weighted by Gasteiger charge is 2.26. The van der Waals surface area contributed by atoms with Crippen molar-refractivity contribution in [1.29, 1.82) is 5.26 Å². The van der Waals surface area contributed by atoms with Crippen molar-refractivity contribution in [3.63, 3.8) is 0 Å². The van der Waals surface area contributed by atoms with E-state index in [0.717, 1.165) is 9.04 Å². The van der Waals surface area contributed by atoms with Crippen molar-refractivity contribution in [3.8, 4) is 6.07 Å². The second-order valence-corrected chi connectivity index (χ2v) is 7.55. The Morgan fingerprint density at radius 1 is 1.38 bits per heavy atom. The topological polar surface area (TPSA) is 107 Å². The quantitative estimate of drug-likeness (QED) is 0.557. The van der Waals surface area contributed by atoms with Gasteiger partial charge in [0.25, 0.3) is 5.56 Å². The molecule has 1 aliphatic heterocycles. The normalized spacial score (nSPS) is 12.7. The van der Waals surface area contributed by atoms with Crippen molar-refractivity contribution in [3.05, 3.63) is 66.1 Å². The van der Waals surface area contributed by atoms with Gasteiger partial charge < -0.3 is 9.15 Å². The molecule has 4 rings (SSSR count). The van der Waals surface area contributed by atoms with E-state index in [9.17, 15) is 19.6 Å². The summed E-state index contributed by atoms with van der Waals surface area (Å²) < 4.78 is 14.0. The molecule has 0 fully saturated rings. The number of benzene rings is 1. The van der Waals surface area contributed by atoms with Gasteiger partial charge >= 0.3 is 11.7 Å². The van der Waals surface area contributed by atoms with Crippen LogP contribution in [0.2, 0.25) is 0 Å². The van der Waals surface area contributed by atoms with Gasteiger partial charge in [-0.2, -0.15) is 5.26 Å². The molecule has 0 saturated heterocycles. The molecule has 2 aromatic heterocycles. The average Bonchev–Trinajstić information content (AvgIpc) is 3.31. The number of ether oxygens (including phenoxy) is 1. The standard InChI is InChI=1S/C20H16BrN3O5/c1-2-28-19(26)17-14(12-8-11(21)5-6-16(12)29-17)10-24-18(25)13(9-22)15-4-3-7-23(15)20(24)27/h5-6,8H,2-4,7,10H2,1H3. The van der Waals surface area contributed by atoms with Gasteiger partial charge in [-0.15, -0.1) is 0 Å². The molecule has 0 atom stereocenters. The zero-order chi connectivity index (χ0) is 20.7. The number of halogens is 1. The third-order valence-corrected chi connectivity index (χ3v) is 5.47. The lowest BCUT2D eigenvalue weighted by Crippen LogP contribution is -2.42. The Hall–Kier alpha value is -3.12. The zero-order valence-electron chi connectivity index (χ0n) is 15.5. The minimum atomic E-state index is -0.676. The number of esters is 1. The molecular formula is C20H16BrN3O5. The smallest absolute Gasteiger partial charge is 0.374 e. The maximum Gasteiger partial charge on any atom is 0.374 e. The number of nitrogens with zero attached hydrogens (tertiary/aromatic N) is 3. The van der Waals surface area contributed by atoms with Crippen molar-refractivity contribution in [2.75, 3.05) is 6.61 Å². The van der Waals surface area contributed by atoms with Gasteiger partial charge in [0.15, 0.2) is 0 Å². The van der Waals surface area contributed by atoms with Crippen LogP contribution >= 0.6 is 15.9 Å². The minimum Gasteiger partial charge on any atom is -0.460 e. The Morgan fingerprint density at radius 3 is 2.90 bits per heavy atom. The first-order chi connectivity index (χ1) is 14.0. The second-order valence-electron chi connectivity index (χ2n) is 6.63. The highest BCUT2D eigenvalue weighted by atomic mass is 79.9. The molecule has 8 nitrogen and oxygen atoms in total. The van der Waals surface area contributed by atoms with Crippen LogP contribution < -0.4 is 11.2 Å².